The second-order valence-corrected chi connectivity index (χ2v) is 5.44. The van der Waals surface area contributed by atoms with E-state index in [1.165, 1.54) is 6.07 Å². The maximum atomic E-state index is 11.1. The van der Waals surface area contributed by atoms with Crippen LogP contribution < -0.4 is 0 Å². The summed E-state index contributed by atoms with van der Waals surface area (Å²) in [6.07, 6.45) is 0. The van der Waals surface area contributed by atoms with Crippen molar-refractivity contribution in [1.29, 1.82) is 0 Å². The molecule has 6 nitrogen and oxygen atoms in total. The largest absolute Gasteiger partial charge is 0.478 e. The Morgan fingerprint density at radius 1 is 1.45 bits per heavy atom. The van der Waals surface area contributed by atoms with Gasteiger partial charge in [-0.3, -0.25) is 0 Å². The van der Waals surface area contributed by atoms with Crippen LogP contribution in [0.3, 0.4) is 0 Å². The number of thiazole rings is 1. The number of carbonyl (C=O) groups is 1. The third kappa shape index (κ3) is 2.05. The van der Waals surface area contributed by atoms with E-state index in [4.69, 9.17) is 5.11 Å². The Hall–Kier alpha value is -2.28. The molecule has 1 unspecified atom stereocenters. The number of rotatable bonds is 3. The Bertz CT molecular complexity index is 793. The molecule has 0 spiro atoms. The SMILES string of the molecule is Cc1csc(C(C)n2nnc3ccc(C(=O)O)cc32)n1. The van der Waals surface area contributed by atoms with Crippen LogP contribution in [-0.2, 0) is 0 Å². The van der Waals surface area contributed by atoms with Crippen LogP contribution in [-0.4, -0.2) is 31.1 Å². The number of hydrogen-bond acceptors (Lipinski definition) is 5. The van der Waals surface area contributed by atoms with Crippen LogP contribution in [0.2, 0.25) is 0 Å². The number of hydrogen-bond donors (Lipinski definition) is 1. The van der Waals surface area contributed by atoms with Gasteiger partial charge in [0.25, 0.3) is 0 Å². The minimum Gasteiger partial charge on any atom is -0.478 e. The van der Waals surface area contributed by atoms with Crippen molar-refractivity contribution in [2.24, 2.45) is 0 Å². The zero-order valence-corrected chi connectivity index (χ0v) is 11.8. The summed E-state index contributed by atoms with van der Waals surface area (Å²) in [6, 6.07) is 4.71. The number of aromatic nitrogens is 4. The molecule has 0 aliphatic heterocycles. The lowest BCUT2D eigenvalue weighted by Gasteiger charge is -2.09. The molecule has 1 N–H and O–H groups in total. The van der Waals surface area contributed by atoms with E-state index in [0.717, 1.165) is 10.7 Å². The van der Waals surface area contributed by atoms with Crippen molar-refractivity contribution in [3.63, 3.8) is 0 Å². The van der Waals surface area contributed by atoms with Crippen molar-refractivity contribution >= 4 is 28.3 Å². The Kier molecular flexibility index (Phi) is 2.98. The topological polar surface area (TPSA) is 80.9 Å². The second kappa shape index (κ2) is 4.68. The molecule has 1 aromatic carbocycles. The summed E-state index contributed by atoms with van der Waals surface area (Å²) in [5.74, 6) is -0.961. The van der Waals surface area contributed by atoms with Crippen molar-refractivity contribution in [2.45, 2.75) is 19.9 Å². The Labute approximate surface area is 118 Å². The molecule has 102 valence electrons. The summed E-state index contributed by atoms with van der Waals surface area (Å²) in [7, 11) is 0. The predicted octanol–water partition coefficient (Wildman–Crippen LogP) is 2.50. The fraction of sp³-hybridized carbons (Fsp3) is 0.231. The fourth-order valence-electron chi connectivity index (χ4n) is 2.02. The molecule has 0 bridgehead atoms. The van der Waals surface area contributed by atoms with Gasteiger partial charge in [0.2, 0.25) is 0 Å². The Morgan fingerprint density at radius 2 is 2.25 bits per heavy atom. The normalized spacial score (nSPS) is 12.7. The van der Waals surface area contributed by atoms with E-state index in [-0.39, 0.29) is 11.6 Å². The molecule has 0 fully saturated rings. The summed E-state index contributed by atoms with van der Waals surface area (Å²) in [6.45, 7) is 3.91. The Balaban J connectivity index is 2.11. The van der Waals surface area contributed by atoms with E-state index in [0.29, 0.717) is 11.0 Å². The summed E-state index contributed by atoms with van der Waals surface area (Å²) in [4.78, 5) is 15.5. The first kappa shape index (κ1) is 12.7. The molecule has 7 heteroatoms. The monoisotopic (exact) mass is 288 g/mol. The lowest BCUT2D eigenvalue weighted by atomic mass is 10.2. The quantitative estimate of drug-likeness (QED) is 0.801. The number of aromatic carboxylic acids is 1. The van der Waals surface area contributed by atoms with Gasteiger partial charge < -0.3 is 5.11 Å². The highest BCUT2D eigenvalue weighted by molar-refractivity contribution is 7.09. The number of carboxylic acid groups (broad SMARTS) is 1. The third-order valence-electron chi connectivity index (χ3n) is 3.08. The molecular weight excluding hydrogens is 276 g/mol. The summed E-state index contributed by atoms with van der Waals surface area (Å²) < 4.78 is 1.71. The first-order chi connectivity index (χ1) is 9.56. The number of carboxylic acids is 1. The van der Waals surface area contributed by atoms with E-state index in [9.17, 15) is 4.79 Å². The molecule has 3 rings (SSSR count). The Morgan fingerprint density at radius 3 is 2.90 bits per heavy atom. The van der Waals surface area contributed by atoms with Crippen molar-refractivity contribution < 1.29 is 9.90 Å². The molecule has 0 radical (unpaired) electrons. The van der Waals surface area contributed by atoms with Crippen molar-refractivity contribution in [2.75, 3.05) is 0 Å². The first-order valence-electron chi connectivity index (χ1n) is 6.06. The zero-order chi connectivity index (χ0) is 14.3. The van der Waals surface area contributed by atoms with Crippen LogP contribution in [0.25, 0.3) is 11.0 Å². The lowest BCUT2D eigenvalue weighted by molar-refractivity contribution is 0.0697. The van der Waals surface area contributed by atoms with Gasteiger partial charge in [0.1, 0.15) is 16.6 Å². The van der Waals surface area contributed by atoms with Crippen LogP contribution in [0.4, 0.5) is 0 Å². The molecule has 0 aliphatic rings. The molecule has 0 saturated carbocycles. The minimum absolute atomic E-state index is 0.0808. The van der Waals surface area contributed by atoms with Crippen molar-refractivity contribution in [3.05, 3.63) is 39.8 Å². The maximum absolute atomic E-state index is 11.1. The maximum Gasteiger partial charge on any atom is 0.335 e. The number of aryl methyl sites for hydroxylation is 1. The average Bonchev–Trinajstić information content (AvgIpc) is 3.03. The van der Waals surface area contributed by atoms with Gasteiger partial charge in [0, 0.05) is 11.1 Å². The third-order valence-corrected chi connectivity index (χ3v) is 4.21. The van der Waals surface area contributed by atoms with Crippen LogP contribution in [0.1, 0.15) is 34.0 Å². The van der Waals surface area contributed by atoms with E-state index in [1.54, 1.807) is 28.2 Å². The average molecular weight is 288 g/mol. The van der Waals surface area contributed by atoms with E-state index in [1.807, 2.05) is 19.2 Å². The molecule has 0 saturated heterocycles. The van der Waals surface area contributed by atoms with Gasteiger partial charge in [0.05, 0.1) is 11.1 Å². The van der Waals surface area contributed by atoms with Gasteiger partial charge in [-0.05, 0) is 32.0 Å². The standard InChI is InChI=1S/C13H12N4O2S/c1-7-6-20-12(14-7)8(2)17-11-5-9(13(18)19)3-4-10(11)15-16-17/h3-6,8H,1-2H3,(H,18,19). The number of nitrogens with zero attached hydrogens (tertiary/aromatic N) is 4. The van der Waals surface area contributed by atoms with E-state index < -0.39 is 5.97 Å². The fourth-order valence-corrected chi connectivity index (χ4v) is 2.86. The molecule has 3 aromatic rings. The van der Waals surface area contributed by atoms with Crippen LogP contribution in [0, 0.1) is 6.92 Å². The molecule has 2 aromatic heterocycles. The highest BCUT2D eigenvalue weighted by Gasteiger charge is 2.17. The van der Waals surface area contributed by atoms with Crippen LogP contribution in [0.15, 0.2) is 23.6 Å². The van der Waals surface area contributed by atoms with Crippen LogP contribution >= 0.6 is 11.3 Å². The van der Waals surface area contributed by atoms with Gasteiger partial charge in [0.15, 0.2) is 0 Å². The van der Waals surface area contributed by atoms with Crippen molar-refractivity contribution in [3.8, 4) is 0 Å². The lowest BCUT2D eigenvalue weighted by Crippen LogP contribution is -2.09. The predicted molar refractivity (Wildman–Crippen MR) is 75.2 cm³/mol. The number of fused-ring (bicyclic) bond motifs is 1. The van der Waals surface area contributed by atoms with Gasteiger partial charge in [-0.25, -0.2) is 14.5 Å². The second-order valence-electron chi connectivity index (χ2n) is 4.55. The number of benzene rings is 1. The van der Waals surface area contributed by atoms with E-state index in [2.05, 4.69) is 15.3 Å². The molecule has 0 aliphatic carbocycles. The molecule has 1 atom stereocenters. The summed E-state index contributed by atoms with van der Waals surface area (Å²) in [5.41, 5.74) is 2.57. The highest BCUT2D eigenvalue weighted by atomic mass is 32.1. The van der Waals surface area contributed by atoms with E-state index >= 15 is 0 Å². The van der Waals surface area contributed by atoms with Gasteiger partial charge in [-0.15, -0.1) is 16.4 Å². The summed E-state index contributed by atoms with van der Waals surface area (Å²) >= 11 is 1.56. The minimum atomic E-state index is -0.961. The molecule has 20 heavy (non-hydrogen) atoms. The molecule has 2 heterocycles. The van der Waals surface area contributed by atoms with Gasteiger partial charge >= 0.3 is 5.97 Å². The highest BCUT2D eigenvalue weighted by Crippen LogP contribution is 2.25. The molecule has 0 amide bonds. The first-order valence-corrected chi connectivity index (χ1v) is 6.94. The van der Waals surface area contributed by atoms with Gasteiger partial charge in [-0.1, -0.05) is 5.21 Å². The summed E-state index contributed by atoms with van der Waals surface area (Å²) in [5, 5.41) is 20.2. The zero-order valence-electron chi connectivity index (χ0n) is 10.9. The smallest absolute Gasteiger partial charge is 0.335 e. The molecular formula is C13H12N4O2S. The van der Waals surface area contributed by atoms with Crippen molar-refractivity contribution in [1.82, 2.24) is 20.0 Å². The van der Waals surface area contributed by atoms with Gasteiger partial charge in [-0.2, -0.15) is 0 Å². The van der Waals surface area contributed by atoms with Crippen LogP contribution in [0.5, 0.6) is 0 Å².